The van der Waals surface area contributed by atoms with E-state index in [9.17, 15) is 4.79 Å². The second-order valence-corrected chi connectivity index (χ2v) is 5.61. The first kappa shape index (κ1) is 13.8. The molecule has 4 nitrogen and oxygen atoms in total. The first-order valence-electron chi connectivity index (χ1n) is 6.46. The summed E-state index contributed by atoms with van der Waals surface area (Å²) in [5.41, 5.74) is 2.75. The minimum atomic E-state index is -0.0374. The molecule has 0 bridgehead atoms. The van der Waals surface area contributed by atoms with Gasteiger partial charge in [0.1, 0.15) is 5.69 Å². The molecule has 0 aliphatic rings. The summed E-state index contributed by atoms with van der Waals surface area (Å²) in [7, 11) is 0. The minimum absolute atomic E-state index is 0.0374. The van der Waals surface area contributed by atoms with Crippen molar-refractivity contribution in [3.63, 3.8) is 0 Å². The summed E-state index contributed by atoms with van der Waals surface area (Å²) in [6.45, 7) is 3.31. The van der Waals surface area contributed by atoms with Gasteiger partial charge in [-0.1, -0.05) is 18.2 Å². The maximum atomic E-state index is 11.5. The Hall–Kier alpha value is -2.14. The number of aromatic nitrogens is 3. The van der Waals surface area contributed by atoms with E-state index in [2.05, 4.69) is 30.9 Å². The fourth-order valence-corrected chi connectivity index (χ4v) is 2.69. The first-order chi connectivity index (χ1) is 10.1. The second kappa shape index (κ2) is 5.33. The van der Waals surface area contributed by atoms with Crippen molar-refractivity contribution < 1.29 is 4.79 Å². The van der Waals surface area contributed by atoms with E-state index in [4.69, 9.17) is 0 Å². The van der Waals surface area contributed by atoms with Gasteiger partial charge in [-0.05, 0) is 41.9 Å². The molecule has 0 fully saturated rings. The SMILES string of the molecule is CC(=O)c1cnc(-c2nc3ccccc3cc2Br)nc1C. The van der Waals surface area contributed by atoms with Gasteiger partial charge in [-0.3, -0.25) is 4.79 Å². The van der Waals surface area contributed by atoms with E-state index in [0.29, 0.717) is 22.8 Å². The summed E-state index contributed by atoms with van der Waals surface area (Å²) in [6, 6.07) is 9.86. The maximum Gasteiger partial charge on any atom is 0.179 e. The monoisotopic (exact) mass is 341 g/mol. The fourth-order valence-electron chi connectivity index (χ4n) is 2.17. The predicted octanol–water partition coefficient (Wildman–Crippen LogP) is 3.97. The maximum absolute atomic E-state index is 11.5. The van der Waals surface area contributed by atoms with E-state index in [-0.39, 0.29) is 5.78 Å². The molecule has 0 radical (unpaired) electrons. The summed E-state index contributed by atoms with van der Waals surface area (Å²) >= 11 is 3.52. The molecule has 104 valence electrons. The van der Waals surface area contributed by atoms with Crippen molar-refractivity contribution in [2.75, 3.05) is 0 Å². The van der Waals surface area contributed by atoms with E-state index in [0.717, 1.165) is 15.4 Å². The van der Waals surface area contributed by atoms with Crippen LogP contribution in [-0.2, 0) is 0 Å². The fraction of sp³-hybridized carbons (Fsp3) is 0.125. The number of hydrogen-bond donors (Lipinski definition) is 0. The Morgan fingerprint density at radius 1 is 1.19 bits per heavy atom. The number of carbonyl (C=O) groups is 1. The molecule has 0 amide bonds. The molecular formula is C16H12BrN3O. The Morgan fingerprint density at radius 3 is 2.67 bits per heavy atom. The lowest BCUT2D eigenvalue weighted by atomic mass is 10.1. The average Bonchev–Trinajstić information content (AvgIpc) is 2.46. The van der Waals surface area contributed by atoms with Crippen molar-refractivity contribution in [1.82, 2.24) is 15.0 Å². The van der Waals surface area contributed by atoms with Crippen LogP contribution in [0.1, 0.15) is 23.0 Å². The van der Waals surface area contributed by atoms with Gasteiger partial charge in [0.15, 0.2) is 11.6 Å². The number of halogens is 1. The number of rotatable bonds is 2. The van der Waals surface area contributed by atoms with Gasteiger partial charge in [-0.25, -0.2) is 15.0 Å². The third-order valence-corrected chi connectivity index (χ3v) is 3.85. The third-order valence-electron chi connectivity index (χ3n) is 3.25. The Bertz CT molecular complexity index is 861. The zero-order chi connectivity index (χ0) is 15.0. The number of fused-ring (bicyclic) bond motifs is 1. The molecule has 3 rings (SSSR count). The van der Waals surface area contributed by atoms with Crippen molar-refractivity contribution in [1.29, 1.82) is 0 Å². The first-order valence-corrected chi connectivity index (χ1v) is 7.26. The number of para-hydroxylation sites is 1. The van der Waals surface area contributed by atoms with Crippen LogP contribution in [0.15, 0.2) is 41.0 Å². The van der Waals surface area contributed by atoms with Gasteiger partial charge in [-0.15, -0.1) is 0 Å². The molecule has 0 N–H and O–H groups in total. The standard InChI is InChI=1S/C16H12BrN3O/c1-9-12(10(2)21)8-18-16(19-9)15-13(17)7-11-5-3-4-6-14(11)20-15/h3-8H,1-2H3. The molecule has 21 heavy (non-hydrogen) atoms. The van der Waals surface area contributed by atoms with E-state index < -0.39 is 0 Å². The van der Waals surface area contributed by atoms with E-state index in [1.807, 2.05) is 30.3 Å². The van der Waals surface area contributed by atoms with Gasteiger partial charge in [0.05, 0.1) is 16.8 Å². The number of hydrogen-bond acceptors (Lipinski definition) is 4. The van der Waals surface area contributed by atoms with Crippen molar-refractivity contribution in [3.8, 4) is 11.5 Å². The van der Waals surface area contributed by atoms with Crippen LogP contribution in [-0.4, -0.2) is 20.7 Å². The average molecular weight is 342 g/mol. The van der Waals surface area contributed by atoms with Crippen molar-refractivity contribution in [2.45, 2.75) is 13.8 Å². The van der Waals surface area contributed by atoms with Crippen LogP contribution < -0.4 is 0 Å². The van der Waals surface area contributed by atoms with Gasteiger partial charge >= 0.3 is 0 Å². The molecule has 0 saturated heterocycles. The van der Waals surface area contributed by atoms with Crippen LogP contribution in [0.5, 0.6) is 0 Å². The topological polar surface area (TPSA) is 55.7 Å². The second-order valence-electron chi connectivity index (χ2n) is 4.76. The van der Waals surface area contributed by atoms with Crippen LogP contribution in [0.2, 0.25) is 0 Å². The summed E-state index contributed by atoms with van der Waals surface area (Å²) in [5, 5.41) is 1.05. The van der Waals surface area contributed by atoms with Crippen molar-refractivity contribution >= 4 is 32.6 Å². The van der Waals surface area contributed by atoms with E-state index in [1.165, 1.54) is 6.92 Å². The third kappa shape index (κ3) is 2.56. The highest BCUT2D eigenvalue weighted by molar-refractivity contribution is 9.10. The number of benzene rings is 1. The molecule has 0 aliphatic carbocycles. The molecule has 0 aliphatic heterocycles. The van der Waals surface area contributed by atoms with E-state index >= 15 is 0 Å². The Labute approximate surface area is 130 Å². The van der Waals surface area contributed by atoms with Gasteiger partial charge < -0.3 is 0 Å². The van der Waals surface area contributed by atoms with Gasteiger partial charge in [0.25, 0.3) is 0 Å². The Balaban J connectivity index is 2.18. The molecule has 0 atom stereocenters. The lowest BCUT2D eigenvalue weighted by Gasteiger charge is -2.07. The summed E-state index contributed by atoms with van der Waals surface area (Å²) in [6.07, 6.45) is 1.56. The zero-order valence-corrected chi connectivity index (χ0v) is 13.2. The smallest absolute Gasteiger partial charge is 0.179 e. The normalized spacial score (nSPS) is 10.8. The summed E-state index contributed by atoms with van der Waals surface area (Å²) in [4.78, 5) is 24.7. The molecule has 0 spiro atoms. The minimum Gasteiger partial charge on any atom is -0.294 e. The van der Waals surface area contributed by atoms with Crippen LogP contribution in [0, 0.1) is 6.92 Å². The number of ketones is 1. The van der Waals surface area contributed by atoms with Crippen LogP contribution in [0.4, 0.5) is 0 Å². The number of pyridine rings is 1. The number of Topliss-reactive ketones (excluding diaryl/α,β-unsaturated/α-hetero) is 1. The summed E-state index contributed by atoms with van der Waals surface area (Å²) in [5.74, 6) is 0.472. The van der Waals surface area contributed by atoms with Crippen LogP contribution in [0.25, 0.3) is 22.4 Å². The van der Waals surface area contributed by atoms with Gasteiger partial charge in [0, 0.05) is 16.1 Å². The number of carbonyl (C=O) groups excluding carboxylic acids is 1. The van der Waals surface area contributed by atoms with Crippen LogP contribution >= 0.6 is 15.9 Å². The van der Waals surface area contributed by atoms with Gasteiger partial charge in [0.2, 0.25) is 0 Å². The number of nitrogens with zero attached hydrogens (tertiary/aromatic N) is 3. The van der Waals surface area contributed by atoms with E-state index in [1.54, 1.807) is 13.1 Å². The molecule has 2 aromatic heterocycles. The largest absolute Gasteiger partial charge is 0.294 e. The number of aryl methyl sites for hydroxylation is 1. The highest BCUT2D eigenvalue weighted by Crippen LogP contribution is 2.27. The molecule has 0 saturated carbocycles. The molecule has 0 unspecified atom stereocenters. The van der Waals surface area contributed by atoms with Crippen LogP contribution in [0.3, 0.4) is 0 Å². The quantitative estimate of drug-likeness (QED) is 0.662. The Kier molecular flexibility index (Phi) is 3.51. The predicted molar refractivity (Wildman–Crippen MR) is 85.2 cm³/mol. The Morgan fingerprint density at radius 2 is 1.95 bits per heavy atom. The van der Waals surface area contributed by atoms with Crippen molar-refractivity contribution in [2.24, 2.45) is 0 Å². The lowest BCUT2D eigenvalue weighted by molar-refractivity contribution is 0.101. The molecule has 3 aromatic rings. The molecule has 2 heterocycles. The highest BCUT2D eigenvalue weighted by Gasteiger charge is 2.13. The van der Waals surface area contributed by atoms with Crippen molar-refractivity contribution in [3.05, 3.63) is 52.3 Å². The molecular weight excluding hydrogens is 330 g/mol. The zero-order valence-electron chi connectivity index (χ0n) is 11.6. The lowest BCUT2D eigenvalue weighted by Crippen LogP contribution is -2.03. The molecule has 1 aromatic carbocycles. The van der Waals surface area contributed by atoms with Gasteiger partial charge in [-0.2, -0.15) is 0 Å². The highest BCUT2D eigenvalue weighted by atomic mass is 79.9. The molecule has 5 heteroatoms. The summed E-state index contributed by atoms with van der Waals surface area (Å²) < 4.78 is 0.830.